The Kier molecular flexibility index (Phi) is 4.98. The van der Waals surface area contributed by atoms with Crippen LogP contribution in [0.5, 0.6) is 5.75 Å². The summed E-state index contributed by atoms with van der Waals surface area (Å²) in [6.45, 7) is 3.36. The molecule has 0 bridgehead atoms. The van der Waals surface area contributed by atoms with E-state index >= 15 is 0 Å². The number of nitrogens with zero attached hydrogens (tertiary/aromatic N) is 2. The summed E-state index contributed by atoms with van der Waals surface area (Å²) >= 11 is 6.01. The number of hydrogen-bond acceptors (Lipinski definition) is 4. The van der Waals surface area contributed by atoms with E-state index in [0.717, 1.165) is 23.6 Å². The summed E-state index contributed by atoms with van der Waals surface area (Å²) in [7, 11) is 0. The molecule has 0 saturated heterocycles. The van der Waals surface area contributed by atoms with E-state index < -0.39 is 0 Å². The maximum atomic E-state index is 6.01. The first-order valence-electron chi connectivity index (χ1n) is 6.20. The molecule has 1 aromatic carbocycles. The zero-order chi connectivity index (χ0) is 13.5. The van der Waals surface area contributed by atoms with Gasteiger partial charge in [0.25, 0.3) is 0 Å². The van der Waals surface area contributed by atoms with Gasteiger partial charge in [0.1, 0.15) is 12.1 Å². The standard InChI is InChI=1S/C14H16ClN3O/c1-2-7-19-14-4-3-11(15)8-13(14)17-9-12-5-6-16-10-18-12/h3-6,8,10,17H,2,7,9H2,1H3. The zero-order valence-electron chi connectivity index (χ0n) is 10.8. The van der Waals surface area contributed by atoms with Crippen LogP contribution in [0.1, 0.15) is 19.0 Å². The molecule has 4 nitrogen and oxygen atoms in total. The Morgan fingerprint density at radius 2 is 2.21 bits per heavy atom. The molecule has 0 fully saturated rings. The predicted molar refractivity (Wildman–Crippen MR) is 76.6 cm³/mol. The van der Waals surface area contributed by atoms with Gasteiger partial charge >= 0.3 is 0 Å². The van der Waals surface area contributed by atoms with Crippen molar-refractivity contribution in [3.63, 3.8) is 0 Å². The highest BCUT2D eigenvalue weighted by Crippen LogP contribution is 2.28. The van der Waals surface area contributed by atoms with Crippen LogP contribution in [0.25, 0.3) is 0 Å². The second kappa shape index (κ2) is 6.95. The van der Waals surface area contributed by atoms with Crippen molar-refractivity contribution in [2.24, 2.45) is 0 Å². The van der Waals surface area contributed by atoms with Gasteiger partial charge in [0.05, 0.1) is 24.5 Å². The highest BCUT2D eigenvalue weighted by Gasteiger charge is 2.05. The van der Waals surface area contributed by atoms with Crippen molar-refractivity contribution in [1.82, 2.24) is 9.97 Å². The average molecular weight is 278 g/mol. The Bertz CT molecular complexity index is 519. The molecule has 0 atom stereocenters. The molecular weight excluding hydrogens is 262 g/mol. The van der Waals surface area contributed by atoms with Crippen molar-refractivity contribution in [3.05, 3.63) is 47.5 Å². The summed E-state index contributed by atoms with van der Waals surface area (Å²) in [5.41, 5.74) is 1.79. The normalized spacial score (nSPS) is 10.2. The number of halogens is 1. The first-order valence-corrected chi connectivity index (χ1v) is 6.58. The van der Waals surface area contributed by atoms with Gasteiger partial charge in [-0.2, -0.15) is 0 Å². The van der Waals surface area contributed by atoms with Crippen LogP contribution in [0.15, 0.2) is 36.8 Å². The predicted octanol–water partition coefficient (Wildman–Crippen LogP) is 3.53. The minimum Gasteiger partial charge on any atom is -0.491 e. The smallest absolute Gasteiger partial charge is 0.142 e. The lowest BCUT2D eigenvalue weighted by atomic mass is 10.2. The molecule has 19 heavy (non-hydrogen) atoms. The first kappa shape index (κ1) is 13.6. The topological polar surface area (TPSA) is 47.0 Å². The molecule has 2 rings (SSSR count). The molecule has 0 aliphatic rings. The van der Waals surface area contributed by atoms with Crippen molar-refractivity contribution in [2.45, 2.75) is 19.9 Å². The number of benzene rings is 1. The van der Waals surface area contributed by atoms with Gasteiger partial charge in [0, 0.05) is 11.2 Å². The van der Waals surface area contributed by atoms with Gasteiger partial charge in [-0.3, -0.25) is 0 Å². The molecule has 5 heteroatoms. The van der Waals surface area contributed by atoms with E-state index in [9.17, 15) is 0 Å². The Labute approximate surface area is 117 Å². The van der Waals surface area contributed by atoms with Gasteiger partial charge in [-0.05, 0) is 30.7 Å². The fraction of sp³-hybridized carbons (Fsp3) is 0.286. The molecule has 0 spiro atoms. The van der Waals surface area contributed by atoms with E-state index in [-0.39, 0.29) is 0 Å². The molecule has 100 valence electrons. The lowest BCUT2D eigenvalue weighted by Gasteiger charge is -2.13. The zero-order valence-corrected chi connectivity index (χ0v) is 11.5. The van der Waals surface area contributed by atoms with Crippen LogP contribution >= 0.6 is 11.6 Å². The number of aromatic nitrogens is 2. The molecule has 2 aromatic rings. The molecule has 1 N–H and O–H groups in total. The Morgan fingerprint density at radius 1 is 1.32 bits per heavy atom. The number of hydrogen-bond donors (Lipinski definition) is 1. The summed E-state index contributed by atoms with van der Waals surface area (Å²) in [5.74, 6) is 0.806. The van der Waals surface area contributed by atoms with Crippen LogP contribution in [0, 0.1) is 0 Å². The summed E-state index contributed by atoms with van der Waals surface area (Å²) in [5, 5.41) is 3.95. The van der Waals surface area contributed by atoms with Gasteiger partial charge in [0.2, 0.25) is 0 Å². The molecule has 0 aliphatic carbocycles. The summed E-state index contributed by atoms with van der Waals surface area (Å²) < 4.78 is 5.68. The van der Waals surface area contributed by atoms with Crippen molar-refractivity contribution < 1.29 is 4.74 Å². The number of nitrogens with one attached hydrogen (secondary N) is 1. The molecule has 0 unspecified atom stereocenters. The lowest BCUT2D eigenvalue weighted by molar-refractivity contribution is 0.319. The highest BCUT2D eigenvalue weighted by molar-refractivity contribution is 6.30. The minimum absolute atomic E-state index is 0.603. The van der Waals surface area contributed by atoms with Crippen molar-refractivity contribution >= 4 is 17.3 Å². The number of anilines is 1. The molecule has 0 saturated carbocycles. The summed E-state index contributed by atoms with van der Waals surface area (Å²) in [4.78, 5) is 8.05. The van der Waals surface area contributed by atoms with E-state index in [0.29, 0.717) is 18.2 Å². The number of rotatable bonds is 6. The molecule has 1 heterocycles. The minimum atomic E-state index is 0.603. The molecule has 1 aromatic heterocycles. The quantitative estimate of drug-likeness (QED) is 0.877. The summed E-state index contributed by atoms with van der Waals surface area (Å²) in [6.07, 6.45) is 4.22. The molecule has 0 amide bonds. The monoisotopic (exact) mass is 277 g/mol. The third-order valence-corrected chi connectivity index (χ3v) is 2.74. The first-order chi connectivity index (χ1) is 9.29. The van der Waals surface area contributed by atoms with E-state index in [1.807, 2.05) is 24.3 Å². The second-order valence-electron chi connectivity index (χ2n) is 4.04. The fourth-order valence-corrected chi connectivity index (χ4v) is 1.76. The van der Waals surface area contributed by atoms with Gasteiger partial charge in [-0.15, -0.1) is 0 Å². The van der Waals surface area contributed by atoms with Gasteiger partial charge in [-0.1, -0.05) is 18.5 Å². The lowest BCUT2D eigenvalue weighted by Crippen LogP contribution is -2.04. The molecule has 0 radical (unpaired) electrons. The Hall–Kier alpha value is -1.81. The van der Waals surface area contributed by atoms with Gasteiger partial charge < -0.3 is 10.1 Å². The maximum absolute atomic E-state index is 6.01. The van der Waals surface area contributed by atoms with Crippen LogP contribution in [0.3, 0.4) is 0 Å². The SMILES string of the molecule is CCCOc1ccc(Cl)cc1NCc1ccncn1. The molecule has 0 aliphatic heterocycles. The van der Waals surface area contributed by atoms with Gasteiger partial charge in [-0.25, -0.2) is 9.97 Å². The van der Waals surface area contributed by atoms with Crippen molar-refractivity contribution in [2.75, 3.05) is 11.9 Å². The van der Waals surface area contributed by atoms with E-state index in [4.69, 9.17) is 16.3 Å². The van der Waals surface area contributed by atoms with Crippen molar-refractivity contribution in [3.8, 4) is 5.75 Å². The molecular formula is C14H16ClN3O. The van der Waals surface area contributed by atoms with Crippen LogP contribution in [0.2, 0.25) is 5.02 Å². The van der Waals surface area contributed by atoms with Crippen LogP contribution in [0.4, 0.5) is 5.69 Å². The van der Waals surface area contributed by atoms with E-state index in [2.05, 4.69) is 22.2 Å². The third kappa shape index (κ3) is 4.10. The number of ether oxygens (including phenoxy) is 1. The Morgan fingerprint density at radius 3 is 2.95 bits per heavy atom. The van der Waals surface area contributed by atoms with E-state index in [1.54, 1.807) is 6.20 Å². The summed E-state index contributed by atoms with van der Waals surface area (Å²) in [6, 6.07) is 7.42. The largest absolute Gasteiger partial charge is 0.491 e. The average Bonchev–Trinajstić information content (AvgIpc) is 2.45. The van der Waals surface area contributed by atoms with Crippen LogP contribution in [-0.4, -0.2) is 16.6 Å². The Balaban J connectivity index is 2.07. The highest BCUT2D eigenvalue weighted by atomic mass is 35.5. The maximum Gasteiger partial charge on any atom is 0.142 e. The van der Waals surface area contributed by atoms with Gasteiger partial charge in [0.15, 0.2) is 0 Å². The second-order valence-corrected chi connectivity index (χ2v) is 4.48. The van der Waals surface area contributed by atoms with E-state index in [1.165, 1.54) is 6.33 Å². The van der Waals surface area contributed by atoms with Crippen LogP contribution in [-0.2, 0) is 6.54 Å². The fourth-order valence-electron chi connectivity index (χ4n) is 1.59. The van der Waals surface area contributed by atoms with Crippen molar-refractivity contribution in [1.29, 1.82) is 0 Å². The third-order valence-electron chi connectivity index (χ3n) is 2.51. The van der Waals surface area contributed by atoms with Crippen LogP contribution < -0.4 is 10.1 Å².